The van der Waals surface area contributed by atoms with Gasteiger partial charge in [-0.2, -0.15) is 5.10 Å². The molecule has 1 aromatic carbocycles. The molecule has 2 N–H and O–H groups in total. The van der Waals surface area contributed by atoms with Crippen molar-refractivity contribution in [2.24, 2.45) is 0 Å². The number of benzene rings is 1. The van der Waals surface area contributed by atoms with Gasteiger partial charge < -0.3 is 9.73 Å². The predicted molar refractivity (Wildman–Crippen MR) is 77.3 cm³/mol. The Hall–Kier alpha value is -2.07. The van der Waals surface area contributed by atoms with Gasteiger partial charge in [0.25, 0.3) is 0 Å². The minimum absolute atomic E-state index is 0.412. The van der Waals surface area contributed by atoms with Gasteiger partial charge in [0.2, 0.25) is 0 Å². The third-order valence-electron chi connectivity index (χ3n) is 4.11. The topological polar surface area (TPSA) is 53.9 Å². The van der Waals surface area contributed by atoms with Gasteiger partial charge in [-0.25, -0.2) is 0 Å². The lowest BCUT2D eigenvalue weighted by Gasteiger charge is -2.22. The molecule has 4 heteroatoms. The van der Waals surface area contributed by atoms with Crippen LogP contribution in [0.1, 0.15) is 35.8 Å². The van der Waals surface area contributed by atoms with Crippen LogP contribution in [-0.2, 0) is 13.0 Å². The Kier molecular flexibility index (Phi) is 2.81. The highest BCUT2D eigenvalue weighted by Gasteiger charge is 2.21. The first-order valence-corrected chi connectivity index (χ1v) is 7.12. The standard InChI is InChI=1S/C16H17N3O/c1-2-14(13-6-7-20-16(13)3-1)17-9-11-4-5-12-10-18-19-15(12)8-11/h4-8,10,14,17H,1-3,9H2,(H,18,19)/t14-/m1/s1. The molecule has 0 bridgehead atoms. The van der Waals surface area contributed by atoms with Crippen molar-refractivity contribution in [3.05, 3.63) is 53.6 Å². The van der Waals surface area contributed by atoms with Crippen molar-refractivity contribution >= 4 is 10.9 Å². The zero-order valence-corrected chi connectivity index (χ0v) is 11.2. The molecule has 0 saturated carbocycles. The van der Waals surface area contributed by atoms with Gasteiger partial charge in [0.1, 0.15) is 5.76 Å². The summed E-state index contributed by atoms with van der Waals surface area (Å²) in [5, 5.41) is 11.9. The molecule has 1 aliphatic rings. The van der Waals surface area contributed by atoms with Gasteiger partial charge in [-0.3, -0.25) is 5.10 Å². The summed E-state index contributed by atoms with van der Waals surface area (Å²) < 4.78 is 5.53. The Morgan fingerprint density at radius 3 is 3.35 bits per heavy atom. The van der Waals surface area contributed by atoms with E-state index in [1.807, 2.05) is 6.20 Å². The second kappa shape index (κ2) is 4.80. The smallest absolute Gasteiger partial charge is 0.108 e. The molecule has 3 aromatic rings. The van der Waals surface area contributed by atoms with Crippen LogP contribution in [0.5, 0.6) is 0 Å². The van der Waals surface area contributed by atoms with Crippen LogP contribution in [0.3, 0.4) is 0 Å². The molecule has 0 fully saturated rings. The number of hydrogen-bond donors (Lipinski definition) is 2. The van der Waals surface area contributed by atoms with E-state index in [2.05, 4.69) is 39.8 Å². The van der Waals surface area contributed by atoms with Gasteiger partial charge in [0, 0.05) is 30.0 Å². The number of aromatic nitrogens is 2. The van der Waals surface area contributed by atoms with E-state index in [1.165, 1.54) is 24.0 Å². The first kappa shape index (κ1) is 11.7. The minimum atomic E-state index is 0.412. The lowest BCUT2D eigenvalue weighted by molar-refractivity contribution is 0.411. The van der Waals surface area contributed by atoms with Crippen molar-refractivity contribution in [3.63, 3.8) is 0 Å². The van der Waals surface area contributed by atoms with Crippen molar-refractivity contribution in [2.45, 2.75) is 31.8 Å². The average molecular weight is 267 g/mol. The van der Waals surface area contributed by atoms with Gasteiger partial charge >= 0.3 is 0 Å². The van der Waals surface area contributed by atoms with Crippen LogP contribution in [0.2, 0.25) is 0 Å². The van der Waals surface area contributed by atoms with Crippen molar-refractivity contribution in [1.29, 1.82) is 0 Å². The van der Waals surface area contributed by atoms with Crippen LogP contribution in [0.25, 0.3) is 10.9 Å². The van der Waals surface area contributed by atoms with E-state index in [0.29, 0.717) is 6.04 Å². The van der Waals surface area contributed by atoms with Gasteiger partial charge in [-0.15, -0.1) is 0 Å². The normalized spacial score (nSPS) is 18.3. The Morgan fingerprint density at radius 2 is 2.35 bits per heavy atom. The fourth-order valence-electron chi connectivity index (χ4n) is 3.03. The van der Waals surface area contributed by atoms with E-state index in [0.717, 1.165) is 29.6 Å². The van der Waals surface area contributed by atoms with Crippen LogP contribution < -0.4 is 5.32 Å². The highest BCUT2D eigenvalue weighted by molar-refractivity contribution is 5.78. The number of hydrogen-bond acceptors (Lipinski definition) is 3. The fraction of sp³-hybridized carbons (Fsp3) is 0.312. The quantitative estimate of drug-likeness (QED) is 0.765. The fourth-order valence-corrected chi connectivity index (χ4v) is 3.03. The van der Waals surface area contributed by atoms with E-state index in [9.17, 15) is 0 Å². The molecule has 1 atom stereocenters. The Labute approximate surface area is 117 Å². The largest absolute Gasteiger partial charge is 0.469 e. The number of fused-ring (bicyclic) bond motifs is 2. The maximum absolute atomic E-state index is 5.53. The lowest BCUT2D eigenvalue weighted by Crippen LogP contribution is -2.23. The predicted octanol–water partition coefficient (Wildman–Crippen LogP) is 3.32. The number of aryl methyl sites for hydroxylation is 1. The number of H-pyrrole nitrogens is 1. The summed E-state index contributed by atoms with van der Waals surface area (Å²) in [6.07, 6.45) is 7.10. The third-order valence-corrected chi connectivity index (χ3v) is 4.11. The monoisotopic (exact) mass is 267 g/mol. The van der Waals surface area contributed by atoms with Crippen LogP contribution in [0.4, 0.5) is 0 Å². The number of rotatable bonds is 3. The summed E-state index contributed by atoms with van der Waals surface area (Å²) in [4.78, 5) is 0. The number of nitrogens with one attached hydrogen (secondary N) is 2. The zero-order chi connectivity index (χ0) is 13.4. The van der Waals surface area contributed by atoms with Crippen LogP contribution in [0.15, 0.2) is 41.1 Å². The van der Waals surface area contributed by atoms with Crippen molar-refractivity contribution in [3.8, 4) is 0 Å². The average Bonchev–Trinajstić information content (AvgIpc) is 3.13. The molecule has 4 nitrogen and oxygen atoms in total. The molecular weight excluding hydrogens is 250 g/mol. The molecule has 0 saturated heterocycles. The van der Waals surface area contributed by atoms with Crippen molar-refractivity contribution in [1.82, 2.24) is 15.5 Å². The Morgan fingerprint density at radius 1 is 1.35 bits per heavy atom. The number of furan rings is 1. The molecule has 2 heterocycles. The van der Waals surface area contributed by atoms with Gasteiger partial charge in [0.05, 0.1) is 18.0 Å². The van der Waals surface area contributed by atoms with Crippen molar-refractivity contribution in [2.75, 3.05) is 0 Å². The molecule has 0 radical (unpaired) electrons. The molecule has 0 amide bonds. The van der Waals surface area contributed by atoms with Crippen LogP contribution >= 0.6 is 0 Å². The van der Waals surface area contributed by atoms with Crippen molar-refractivity contribution < 1.29 is 4.42 Å². The molecule has 4 rings (SSSR count). The summed E-state index contributed by atoms with van der Waals surface area (Å²) in [6, 6.07) is 8.94. The van der Waals surface area contributed by atoms with Crippen LogP contribution in [-0.4, -0.2) is 10.2 Å². The summed E-state index contributed by atoms with van der Waals surface area (Å²) in [5.74, 6) is 1.15. The van der Waals surface area contributed by atoms with E-state index >= 15 is 0 Å². The molecule has 1 aliphatic carbocycles. The Balaban J connectivity index is 1.51. The molecule has 102 valence electrons. The van der Waals surface area contributed by atoms with E-state index in [1.54, 1.807) is 6.26 Å². The highest BCUT2D eigenvalue weighted by atomic mass is 16.3. The molecule has 0 unspecified atom stereocenters. The maximum Gasteiger partial charge on any atom is 0.108 e. The number of aromatic amines is 1. The molecular formula is C16H17N3O. The molecule has 2 aromatic heterocycles. The second-order valence-electron chi connectivity index (χ2n) is 5.42. The first-order chi connectivity index (χ1) is 9.90. The first-order valence-electron chi connectivity index (χ1n) is 7.12. The molecule has 20 heavy (non-hydrogen) atoms. The minimum Gasteiger partial charge on any atom is -0.469 e. The maximum atomic E-state index is 5.53. The summed E-state index contributed by atoms with van der Waals surface area (Å²) in [5.41, 5.74) is 3.70. The summed E-state index contributed by atoms with van der Waals surface area (Å²) in [6.45, 7) is 0.865. The lowest BCUT2D eigenvalue weighted by atomic mass is 9.93. The van der Waals surface area contributed by atoms with E-state index < -0.39 is 0 Å². The second-order valence-corrected chi connectivity index (χ2v) is 5.42. The number of nitrogens with zero attached hydrogens (tertiary/aromatic N) is 1. The van der Waals surface area contributed by atoms with Gasteiger partial charge in [-0.1, -0.05) is 12.1 Å². The molecule has 0 spiro atoms. The van der Waals surface area contributed by atoms with E-state index in [-0.39, 0.29) is 0 Å². The van der Waals surface area contributed by atoms with Gasteiger partial charge in [-0.05, 0) is 30.5 Å². The summed E-state index contributed by atoms with van der Waals surface area (Å²) >= 11 is 0. The Bertz CT molecular complexity index is 728. The summed E-state index contributed by atoms with van der Waals surface area (Å²) in [7, 11) is 0. The zero-order valence-electron chi connectivity index (χ0n) is 11.2. The van der Waals surface area contributed by atoms with E-state index in [4.69, 9.17) is 4.42 Å². The SMILES string of the molecule is c1cc2c(o1)CCC[C@H]2NCc1ccc2cn[nH]c2c1. The third kappa shape index (κ3) is 2.02. The highest BCUT2D eigenvalue weighted by Crippen LogP contribution is 2.30. The van der Waals surface area contributed by atoms with Gasteiger partial charge in [0.15, 0.2) is 0 Å². The van der Waals surface area contributed by atoms with Crippen LogP contribution in [0, 0.1) is 0 Å². The molecule has 0 aliphatic heterocycles.